The molecule has 3 N–H and O–H groups in total. The molecule has 1 aromatic carbocycles. The van der Waals surface area contributed by atoms with Gasteiger partial charge in [-0.3, -0.25) is 9.59 Å². The number of carbonyl (C=O) groups is 2. The molecule has 1 saturated carbocycles. The number of anilines is 1. The van der Waals surface area contributed by atoms with Gasteiger partial charge in [0.2, 0.25) is 0 Å². The monoisotopic (exact) mass is 366 g/mol. The highest BCUT2D eigenvalue weighted by Gasteiger charge is 2.28. The van der Waals surface area contributed by atoms with E-state index in [4.69, 9.17) is 11.6 Å². The van der Waals surface area contributed by atoms with Crippen LogP contribution in [0.25, 0.3) is 0 Å². The van der Waals surface area contributed by atoms with Gasteiger partial charge in [0.1, 0.15) is 0 Å². The summed E-state index contributed by atoms with van der Waals surface area (Å²) in [6, 6.07) is 7.37. The molecule has 4 atom stereocenters. The van der Waals surface area contributed by atoms with Crippen molar-refractivity contribution in [1.29, 1.82) is 0 Å². The molecule has 1 unspecified atom stereocenters. The fraction of sp³-hybridized carbons (Fsp3) is 0.579. The van der Waals surface area contributed by atoms with Gasteiger partial charge in [-0.2, -0.15) is 0 Å². The maximum Gasteiger partial charge on any atom is 0.279 e. The molecule has 0 saturated heterocycles. The van der Waals surface area contributed by atoms with Gasteiger partial charge in [-0.1, -0.05) is 50.4 Å². The Labute approximate surface area is 155 Å². The Bertz CT molecular complexity index is 608. The van der Waals surface area contributed by atoms with Crippen LogP contribution in [0, 0.1) is 11.8 Å². The van der Waals surface area contributed by atoms with Crippen molar-refractivity contribution in [3.63, 3.8) is 0 Å². The van der Waals surface area contributed by atoms with E-state index in [-0.39, 0.29) is 30.9 Å². The summed E-state index contributed by atoms with van der Waals surface area (Å²) in [5, 5.41) is 6.44. The normalized spacial score (nSPS) is 24.4. The van der Waals surface area contributed by atoms with Crippen molar-refractivity contribution < 1.29 is 14.5 Å². The molecule has 138 valence electrons. The van der Waals surface area contributed by atoms with Gasteiger partial charge in [0.05, 0.1) is 17.8 Å². The minimum Gasteiger partial charge on any atom is -0.348 e. The quantitative estimate of drug-likeness (QED) is 0.718. The molecule has 0 spiro atoms. The lowest BCUT2D eigenvalue weighted by atomic mass is 9.78. The van der Waals surface area contributed by atoms with E-state index in [1.807, 2.05) is 19.2 Å². The van der Waals surface area contributed by atoms with Crippen molar-refractivity contribution in [3.05, 3.63) is 29.3 Å². The SMILES string of the molecule is C[C@@H]1[C@H](C)CCC[C@@H]1NC(=O)C[NH+](C)CC(=O)Nc1ccccc1Cl. The van der Waals surface area contributed by atoms with Crippen LogP contribution >= 0.6 is 11.6 Å². The van der Waals surface area contributed by atoms with E-state index >= 15 is 0 Å². The molecule has 5 nitrogen and oxygen atoms in total. The van der Waals surface area contributed by atoms with Gasteiger partial charge < -0.3 is 15.5 Å². The number of benzene rings is 1. The van der Waals surface area contributed by atoms with Crippen molar-refractivity contribution in [2.45, 2.75) is 39.2 Å². The van der Waals surface area contributed by atoms with Crippen LogP contribution in [-0.2, 0) is 9.59 Å². The summed E-state index contributed by atoms with van der Waals surface area (Å²) in [7, 11) is 1.85. The molecule has 6 heteroatoms. The lowest BCUT2D eigenvalue weighted by Crippen LogP contribution is -3.11. The van der Waals surface area contributed by atoms with Crippen LogP contribution < -0.4 is 15.5 Å². The Morgan fingerprint density at radius 1 is 1.16 bits per heavy atom. The number of amides is 2. The molecule has 2 amide bonds. The van der Waals surface area contributed by atoms with Gasteiger partial charge in [0.25, 0.3) is 11.8 Å². The lowest BCUT2D eigenvalue weighted by molar-refractivity contribution is -0.862. The molecule has 1 aliphatic rings. The molecule has 1 aromatic rings. The number of likely N-dealkylation sites (N-methyl/N-ethyl adjacent to an activating group) is 1. The third-order valence-electron chi connectivity index (χ3n) is 5.13. The topological polar surface area (TPSA) is 62.6 Å². The zero-order valence-corrected chi connectivity index (χ0v) is 16.0. The number of halogens is 1. The van der Waals surface area contributed by atoms with E-state index in [2.05, 4.69) is 24.5 Å². The Kier molecular flexibility index (Phi) is 7.26. The number of rotatable bonds is 6. The maximum atomic E-state index is 12.3. The average molecular weight is 367 g/mol. The molecule has 1 fully saturated rings. The number of nitrogens with one attached hydrogen (secondary N) is 3. The third-order valence-corrected chi connectivity index (χ3v) is 5.46. The molecular formula is C19H29ClN3O2+. The Morgan fingerprint density at radius 3 is 2.56 bits per heavy atom. The molecule has 2 rings (SSSR count). The van der Waals surface area contributed by atoms with Crippen LogP contribution in [0.5, 0.6) is 0 Å². The first-order valence-electron chi connectivity index (χ1n) is 9.02. The molecule has 0 aromatic heterocycles. The van der Waals surface area contributed by atoms with Gasteiger partial charge in [0.15, 0.2) is 13.1 Å². The van der Waals surface area contributed by atoms with Crippen molar-refractivity contribution in [1.82, 2.24) is 5.32 Å². The van der Waals surface area contributed by atoms with Crippen LogP contribution in [0.2, 0.25) is 5.02 Å². The molecular weight excluding hydrogens is 338 g/mol. The third kappa shape index (κ3) is 6.01. The summed E-state index contributed by atoms with van der Waals surface area (Å²) >= 11 is 6.04. The van der Waals surface area contributed by atoms with Crippen molar-refractivity contribution >= 4 is 29.1 Å². The highest BCUT2D eigenvalue weighted by molar-refractivity contribution is 6.33. The van der Waals surface area contributed by atoms with Crippen molar-refractivity contribution in [2.24, 2.45) is 11.8 Å². The van der Waals surface area contributed by atoms with Crippen molar-refractivity contribution in [3.8, 4) is 0 Å². The standard InChI is InChI=1S/C19H28ClN3O2/c1-13-7-6-10-16(14(13)2)21-18(24)11-23(3)12-19(25)22-17-9-5-4-8-15(17)20/h4-5,8-9,13-14,16H,6-7,10-12H2,1-3H3,(H,21,24)(H,22,25)/p+1/t13-,14-,16+/m1/s1. The Hall–Kier alpha value is -1.59. The summed E-state index contributed by atoms with van der Waals surface area (Å²) in [5.41, 5.74) is 0.594. The Morgan fingerprint density at radius 2 is 1.84 bits per heavy atom. The first kappa shape index (κ1) is 19.7. The number of hydrogen-bond donors (Lipinski definition) is 3. The van der Waals surface area contributed by atoms with E-state index in [1.54, 1.807) is 12.1 Å². The molecule has 25 heavy (non-hydrogen) atoms. The molecule has 0 bridgehead atoms. The average Bonchev–Trinajstić information content (AvgIpc) is 2.53. The summed E-state index contributed by atoms with van der Waals surface area (Å²) in [6.45, 7) is 4.96. The van der Waals surface area contributed by atoms with Gasteiger partial charge in [-0.25, -0.2) is 0 Å². The van der Waals surface area contributed by atoms with Crippen LogP contribution in [0.3, 0.4) is 0 Å². The predicted octanol–water partition coefficient (Wildman–Crippen LogP) is 1.73. The van der Waals surface area contributed by atoms with E-state index in [0.717, 1.165) is 11.3 Å². The minimum absolute atomic E-state index is 0.00833. The number of quaternary nitrogens is 1. The summed E-state index contributed by atoms with van der Waals surface area (Å²) < 4.78 is 0. The van der Waals surface area contributed by atoms with Crippen LogP contribution in [0.4, 0.5) is 5.69 Å². The van der Waals surface area contributed by atoms with Gasteiger partial charge >= 0.3 is 0 Å². The van der Waals surface area contributed by atoms with Crippen LogP contribution in [0.1, 0.15) is 33.1 Å². The number of hydrogen-bond acceptors (Lipinski definition) is 2. The van der Waals surface area contributed by atoms with Gasteiger partial charge in [-0.05, 0) is 30.4 Å². The molecule has 0 aliphatic heterocycles. The highest BCUT2D eigenvalue weighted by Crippen LogP contribution is 2.29. The summed E-state index contributed by atoms with van der Waals surface area (Å²) in [4.78, 5) is 25.2. The molecule has 0 heterocycles. The lowest BCUT2D eigenvalue weighted by Gasteiger charge is -2.34. The summed E-state index contributed by atoms with van der Waals surface area (Å²) in [6.07, 6.45) is 3.45. The van der Waals surface area contributed by atoms with Crippen LogP contribution in [0.15, 0.2) is 24.3 Å². The first-order chi connectivity index (χ1) is 11.9. The van der Waals surface area contributed by atoms with E-state index in [9.17, 15) is 9.59 Å². The van der Waals surface area contributed by atoms with Gasteiger partial charge in [-0.15, -0.1) is 0 Å². The zero-order valence-electron chi connectivity index (χ0n) is 15.3. The van der Waals surface area contributed by atoms with E-state index in [0.29, 0.717) is 22.5 Å². The number of para-hydroxylation sites is 1. The first-order valence-corrected chi connectivity index (χ1v) is 9.39. The zero-order chi connectivity index (χ0) is 18.4. The fourth-order valence-corrected chi connectivity index (χ4v) is 3.59. The van der Waals surface area contributed by atoms with Gasteiger partial charge in [0, 0.05) is 6.04 Å². The predicted molar refractivity (Wildman–Crippen MR) is 101 cm³/mol. The molecule has 0 radical (unpaired) electrons. The largest absolute Gasteiger partial charge is 0.348 e. The van der Waals surface area contributed by atoms with Crippen molar-refractivity contribution in [2.75, 3.05) is 25.5 Å². The Balaban J connectivity index is 1.77. The highest BCUT2D eigenvalue weighted by atomic mass is 35.5. The maximum absolute atomic E-state index is 12.3. The number of carbonyl (C=O) groups excluding carboxylic acids is 2. The summed E-state index contributed by atoms with van der Waals surface area (Å²) in [5.74, 6) is 0.999. The second-order valence-corrected chi connectivity index (χ2v) is 7.69. The molecule has 1 aliphatic carbocycles. The second-order valence-electron chi connectivity index (χ2n) is 7.28. The van der Waals surface area contributed by atoms with E-state index in [1.165, 1.54) is 12.8 Å². The fourth-order valence-electron chi connectivity index (χ4n) is 3.41. The smallest absolute Gasteiger partial charge is 0.279 e. The van der Waals surface area contributed by atoms with Crippen LogP contribution in [-0.4, -0.2) is 38.0 Å². The minimum atomic E-state index is -0.155. The van der Waals surface area contributed by atoms with E-state index < -0.39 is 0 Å². The second kappa shape index (κ2) is 9.20.